The van der Waals surface area contributed by atoms with Crippen molar-refractivity contribution in [1.29, 1.82) is 0 Å². The van der Waals surface area contributed by atoms with Crippen LogP contribution in [0.4, 0.5) is 9.59 Å². The van der Waals surface area contributed by atoms with Crippen molar-refractivity contribution in [3.05, 3.63) is 71.8 Å². The van der Waals surface area contributed by atoms with Gasteiger partial charge in [0.1, 0.15) is 13.2 Å². The van der Waals surface area contributed by atoms with Crippen molar-refractivity contribution in [2.45, 2.75) is 115 Å². The Morgan fingerprint density at radius 1 is 0.532 bits per heavy atom. The maximum atomic E-state index is 11.6. The third-order valence-electron chi connectivity index (χ3n) is 11.9. The number of carboxylic acids is 2. The van der Waals surface area contributed by atoms with E-state index in [9.17, 15) is 51.9 Å². The molecular formula is C50H73ClN2Na2O23S. The zero-order valence-corrected chi connectivity index (χ0v) is 50.7. The fourth-order valence-electron chi connectivity index (χ4n) is 5.87. The number of carbonyl (C=O) groups is 8. The van der Waals surface area contributed by atoms with Crippen LogP contribution in [0.1, 0.15) is 112 Å². The molecule has 0 bridgehead atoms. The summed E-state index contributed by atoms with van der Waals surface area (Å²) < 4.78 is 104. The van der Waals surface area contributed by atoms with E-state index in [2.05, 4.69) is 40.3 Å². The maximum absolute atomic E-state index is 11.6. The summed E-state index contributed by atoms with van der Waals surface area (Å²) in [5.41, 5.74) is -5.07. The normalized spacial score (nSPS) is 19.5. The van der Waals surface area contributed by atoms with Crippen molar-refractivity contribution in [3.63, 3.8) is 0 Å². The van der Waals surface area contributed by atoms with Gasteiger partial charge in [-0.1, -0.05) is 67.6 Å². The standard InChI is InChI=1S/C13H17NO2.C12H15NO3.C7H10O4.C6H8O4.C6H10O3.C5H8O3.CH3ClO2S.2Na.2H2O/c1-2-13(8-9-13)14-12(15)16-10-11-6-4-3-5-7-11;14-9-12(6-7-12)13-11(15)16-8-10-4-2-1-3-5-10;1-10-5(8)7(3-4-7)6(9)11-2;1-10-5(9)6(2-3-6)4(7)8;1-9-5(8)6(4-7)2-3-6;6-3-5(1-2-5)4(7)8;1-5(2,3)4;;;;/h3-7H,2,8-10H2,1H3,(H,14,15);1-5,14H,6-9H2,(H,13,15);3-4H2,1-2H3;2-3H2,1H3,(H,7,8);7H,2-4H2,1H3;6H,1-3H2,(H,7,8);1H3;;;2*1H2/q;;;;;;;2*+1;;/p-2/i2D2;9D2;;;4D2;3D2;;;;;. The molecule has 0 heterocycles. The van der Waals surface area contributed by atoms with Gasteiger partial charge in [0.25, 0.3) is 0 Å². The molecule has 9 N–H and O–H groups in total. The summed E-state index contributed by atoms with van der Waals surface area (Å²) in [6.45, 7) is -5.62. The minimum Gasteiger partial charge on any atom is -0.870 e. The van der Waals surface area contributed by atoms with E-state index in [1.807, 2.05) is 60.7 Å². The predicted octanol–water partition coefficient (Wildman–Crippen LogP) is -1.96. The number of amides is 2. The van der Waals surface area contributed by atoms with Gasteiger partial charge in [-0.25, -0.2) is 18.0 Å². The van der Waals surface area contributed by atoms with Gasteiger partial charge in [-0.3, -0.25) is 28.8 Å². The van der Waals surface area contributed by atoms with E-state index in [4.69, 9.17) is 40.9 Å². The van der Waals surface area contributed by atoms with Gasteiger partial charge in [0.05, 0.1) is 79.0 Å². The first-order chi connectivity index (χ1) is 38.0. The summed E-state index contributed by atoms with van der Waals surface area (Å²) in [6, 6.07) is 18.6. The molecule has 2 aromatic carbocycles. The van der Waals surface area contributed by atoms with Crippen LogP contribution in [0.25, 0.3) is 0 Å². The molecule has 0 radical (unpaired) electrons. The summed E-state index contributed by atoms with van der Waals surface area (Å²) in [5.74, 6) is -4.57. The smallest absolute Gasteiger partial charge is 0.870 e. The van der Waals surface area contributed by atoms with Crippen LogP contribution in [0.3, 0.4) is 0 Å². The van der Waals surface area contributed by atoms with Crippen molar-refractivity contribution in [2.75, 3.05) is 54.4 Å². The first-order valence-electron chi connectivity index (χ1n) is 26.9. The molecular weight excluding hydrogens is 1110 g/mol. The summed E-state index contributed by atoms with van der Waals surface area (Å²) >= 11 is 0. The molecule has 436 valence electrons. The zero-order chi connectivity index (χ0) is 63.9. The quantitative estimate of drug-likeness (QED) is 0.0316. The number of ether oxygens (including phenoxy) is 6. The van der Waals surface area contributed by atoms with Gasteiger partial charge < -0.3 is 75.5 Å². The SMILES string of the molecule is COC(=O)C1(C(=O)O)CC1.COC(=O)C1(C(=O)OC)CC1.CS(=O)(=O)Cl.[2H]C([2H])(C)C1(NC(=O)OCc2ccccc2)CC1.[2H]C([2H])(O)C1(C(=O)O)CC1.[2H]C([2H])(O)C1(C(=O)OC)CC1.[2H]C([2H])(O)C1(NC(=O)OCc2ccccc2)CC1.[Na+].[Na+].[OH-].[OH-]. The number of halogens is 1. The maximum Gasteiger partial charge on any atom is 1.00 e. The second-order valence-corrected chi connectivity index (χ2v) is 20.8. The fourth-order valence-corrected chi connectivity index (χ4v) is 5.87. The Bertz CT molecular complexity index is 2590. The van der Waals surface area contributed by atoms with Gasteiger partial charge in [-0.2, -0.15) is 0 Å². The summed E-state index contributed by atoms with van der Waals surface area (Å²) in [4.78, 5) is 87.4. The van der Waals surface area contributed by atoms with Gasteiger partial charge in [0.2, 0.25) is 9.05 Å². The van der Waals surface area contributed by atoms with E-state index in [1.54, 1.807) is 0 Å². The molecule has 0 saturated heterocycles. The van der Waals surface area contributed by atoms with Gasteiger partial charge in [-0.15, -0.1) is 0 Å². The minimum atomic E-state index is -3.19. The van der Waals surface area contributed by atoms with Gasteiger partial charge in [0, 0.05) is 19.0 Å². The van der Waals surface area contributed by atoms with Crippen molar-refractivity contribution in [3.8, 4) is 0 Å². The third kappa shape index (κ3) is 27.4. The van der Waals surface area contributed by atoms with E-state index in [0.29, 0.717) is 64.2 Å². The van der Waals surface area contributed by atoms with Crippen LogP contribution in [0.5, 0.6) is 0 Å². The number of methoxy groups -OCH3 is 4. The summed E-state index contributed by atoms with van der Waals surface area (Å²) in [5, 5.41) is 49.0. The number of aliphatic carboxylic acids is 2. The van der Waals surface area contributed by atoms with E-state index in [0.717, 1.165) is 17.4 Å². The van der Waals surface area contributed by atoms with Crippen molar-refractivity contribution >= 4 is 67.7 Å². The van der Waals surface area contributed by atoms with E-state index >= 15 is 0 Å². The van der Waals surface area contributed by atoms with Crippen LogP contribution in [-0.4, -0.2) is 158 Å². The Labute approximate surface area is 519 Å². The molecule has 6 fully saturated rings. The third-order valence-corrected chi connectivity index (χ3v) is 11.9. The molecule has 2 aromatic rings. The number of benzene rings is 2. The number of nitrogens with one attached hydrogen (secondary N) is 2. The molecule has 8 rings (SSSR count). The molecule has 29 heteroatoms. The average molecular weight is 1190 g/mol. The Balaban J connectivity index is -0.000000965. The first-order valence-corrected chi connectivity index (χ1v) is 25.6. The number of rotatable bonds is 16. The van der Waals surface area contributed by atoms with Gasteiger partial charge in [0.15, 0.2) is 10.8 Å². The first kappa shape index (κ1) is 64.0. The Morgan fingerprint density at radius 2 is 0.848 bits per heavy atom. The second kappa shape index (κ2) is 36.3. The fraction of sp³-hybridized carbons (Fsp3) is 0.600. The molecule has 6 saturated carbocycles. The van der Waals surface area contributed by atoms with Crippen LogP contribution < -0.4 is 69.7 Å². The Hall–Kier alpha value is -4.16. The van der Waals surface area contributed by atoms with Crippen molar-refractivity contribution < 1.29 is 182 Å². The van der Waals surface area contributed by atoms with Crippen LogP contribution >= 0.6 is 10.7 Å². The summed E-state index contributed by atoms with van der Waals surface area (Å²) in [7, 11) is 6.23. The van der Waals surface area contributed by atoms with Crippen LogP contribution in [0.2, 0.25) is 0 Å². The van der Waals surface area contributed by atoms with Crippen molar-refractivity contribution in [2.24, 2.45) is 21.7 Å². The van der Waals surface area contributed by atoms with E-state index in [-0.39, 0.29) is 96.1 Å². The number of aliphatic hydroxyl groups is 3. The van der Waals surface area contributed by atoms with E-state index in [1.165, 1.54) is 35.4 Å². The molecule has 79 heavy (non-hydrogen) atoms. The molecule has 0 unspecified atom stereocenters. The number of alkyl carbamates (subject to hydrolysis) is 2. The second-order valence-electron chi connectivity index (χ2n) is 17.7. The molecule has 0 aliphatic heterocycles. The molecule has 6 aliphatic carbocycles. The molecule has 2 amide bonds. The zero-order valence-electron chi connectivity index (χ0n) is 53.1. The molecule has 0 aromatic heterocycles. The number of esters is 4. The van der Waals surface area contributed by atoms with Gasteiger partial charge in [-0.05, 0) is 94.5 Å². The molecule has 25 nitrogen and oxygen atoms in total. The monoisotopic (exact) mass is 1190 g/mol. The van der Waals surface area contributed by atoms with Crippen molar-refractivity contribution in [1.82, 2.24) is 10.6 Å². The number of hydrogen-bond donors (Lipinski definition) is 7. The molecule has 0 spiro atoms. The topological polar surface area (TPSA) is 411 Å². The van der Waals surface area contributed by atoms with Gasteiger partial charge >= 0.3 is 107 Å². The molecule has 6 aliphatic rings. The average Bonchev–Trinajstić information content (AvgIpc) is 1.86. The number of carbonyl (C=O) groups excluding carboxylic acids is 6. The molecule has 0 atom stereocenters. The Morgan fingerprint density at radius 3 is 1.04 bits per heavy atom. The largest absolute Gasteiger partial charge is 1.00 e. The number of carboxylic acid groups (broad SMARTS) is 2. The summed E-state index contributed by atoms with van der Waals surface area (Å²) in [6.07, 6.45) is 3.50. The number of hydrogen-bond acceptors (Lipinski definition) is 21. The van der Waals surface area contributed by atoms with Crippen LogP contribution in [0.15, 0.2) is 60.7 Å². The van der Waals surface area contributed by atoms with Crippen LogP contribution in [-0.2, 0) is 79.5 Å². The Kier molecular flexibility index (Phi) is 29.4. The predicted molar refractivity (Wildman–Crippen MR) is 270 cm³/mol. The minimum absolute atomic E-state index is 0. The van der Waals surface area contributed by atoms with E-state index < -0.39 is 116 Å². The van der Waals surface area contributed by atoms with Crippen LogP contribution in [0, 0.1) is 21.7 Å².